The summed E-state index contributed by atoms with van der Waals surface area (Å²) in [5.74, 6) is -1.73. The molecular formula is C21H24ClFN2O5S. The van der Waals surface area contributed by atoms with Gasteiger partial charge in [0.05, 0.1) is 10.6 Å². The maximum Gasteiger partial charge on any atom is 0.338 e. The minimum Gasteiger partial charge on any atom is -0.452 e. The lowest BCUT2D eigenvalue weighted by atomic mass is 10.1. The van der Waals surface area contributed by atoms with Crippen LogP contribution >= 0.6 is 11.6 Å². The van der Waals surface area contributed by atoms with Crippen LogP contribution in [0.2, 0.25) is 5.02 Å². The zero-order valence-corrected chi connectivity index (χ0v) is 19.2. The molecule has 0 unspecified atom stereocenters. The summed E-state index contributed by atoms with van der Waals surface area (Å²) < 4.78 is 45.6. The molecule has 7 nitrogen and oxygen atoms in total. The van der Waals surface area contributed by atoms with Crippen molar-refractivity contribution in [2.24, 2.45) is 0 Å². The first-order valence-corrected chi connectivity index (χ1v) is 11.1. The summed E-state index contributed by atoms with van der Waals surface area (Å²) >= 11 is 6.01. The molecule has 1 N–H and O–H groups in total. The molecule has 0 fully saturated rings. The van der Waals surface area contributed by atoms with E-state index in [-0.39, 0.29) is 27.8 Å². The number of nitrogens with zero attached hydrogens (tertiary/aromatic N) is 1. The summed E-state index contributed by atoms with van der Waals surface area (Å²) in [7, 11) is -2.46. The van der Waals surface area contributed by atoms with Gasteiger partial charge in [-0.1, -0.05) is 23.7 Å². The van der Waals surface area contributed by atoms with Crippen molar-refractivity contribution in [3.05, 3.63) is 64.4 Å². The Morgan fingerprint density at radius 2 is 1.74 bits per heavy atom. The fourth-order valence-electron chi connectivity index (χ4n) is 2.57. The maximum absolute atomic E-state index is 13.0. The Labute approximate surface area is 186 Å². The molecule has 0 radical (unpaired) electrons. The lowest BCUT2D eigenvalue weighted by Crippen LogP contribution is -2.40. The van der Waals surface area contributed by atoms with E-state index >= 15 is 0 Å². The molecule has 2 aromatic carbocycles. The van der Waals surface area contributed by atoms with E-state index in [0.29, 0.717) is 5.56 Å². The second-order valence-electron chi connectivity index (χ2n) is 7.95. The number of benzene rings is 2. The van der Waals surface area contributed by atoms with E-state index in [0.717, 1.165) is 6.07 Å². The van der Waals surface area contributed by atoms with Crippen LogP contribution in [0.15, 0.2) is 47.4 Å². The van der Waals surface area contributed by atoms with Crippen molar-refractivity contribution in [2.45, 2.75) is 37.8 Å². The highest BCUT2D eigenvalue weighted by molar-refractivity contribution is 7.89. The molecular weight excluding hydrogens is 447 g/mol. The second kappa shape index (κ2) is 9.76. The van der Waals surface area contributed by atoms with Crippen molar-refractivity contribution in [3.63, 3.8) is 0 Å². The van der Waals surface area contributed by atoms with Crippen LogP contribution in [-0.4, -0.2) is 44.4 Å². The van der Waals surface area contributed by atoms with E-state index in [1.807, 2.05) is 0 Å². The molecule has 0 aromatic heterocycles. The first-order valence-electron chi connectivity index (χ1n) is 9.27. The third kappa shape index (κ3) is 7.30. The van der Waals surface area contributed by atoms with Crippen molar-refractivity contribution in [1.29, 1.82) is 0 Å². The number of hydrogen-bond acceptors (Lipinski definition) is 5. The van der Waals surface area contributed by atoms with E-state index in [4.69, 9.17) is 16.3 Å². The number of ether oxygens (including phenoxy) is 1. The highest BCUT2D eigenvalue weighted by Crippen LogP contribution is 2.24. The molecule has 0 aliphatic rings. The summed E-state index contributed by atoms with van der Waals surface area (Å²) in [6.45, 7) is 4.68. The van der Waals surface area contributed by atoms with Gasteiger partial charge >= 0.3 is 5.97 Å². The zero-order chi connectivity index (χ0) is 23.4. The first kappa shape index (κ1) is 24.8. The molecule has 0 saturated heterocycles. The minimum absolute atomic E-state index is 0.0524. The first-order chi connectivity index (χ1) is 14.3. The molecule has 31 heavy (non-hydrogen) atoms. The predicted octanol–water partition coefficient (Wildman–Crippen LogP) is 3.37. The zero-order valence-electron chi connectivity index (χ0n) is 17.6. The van der Waals surface area contributed by atoms with Crippen LogP contribution in [0.4, 0.5) is 4.39 Å². The van der Waals surface area contributed by atoms with Crippen LogP contribution in [0.25, 0.3) is 0 Å². The van der Waals surface area contributed by atoms with Crippen molar-refractivity contribution in [2.75, 3.05) is 13.7 Å². The number of rotatable bonds is 7. The molecule has 2 aromatic rings. The van der Waals surface area contributed by atoms with E-state index < -0.39 is 34.0 Å². The van der Waals surface area contributed by atoms with Crippen LogP contribution < -0.4 is 4.72 Å². The van der Waals surface area contributed by atoms with Gasteiger partial charge in [0.1, 0.15) is 10.7 Å². The Hall–Kier alpha value is -2.49. The second-order valence-corrected chi connectivity index (χ2v) is 10.0. The van der Waals surface area contributed by atoms with Gasteiger partial charge in [-0.3, -0.25) is 4.79 Å². The number of nitrogens with one attached hydrogen (secondary N) is 1. The summed E-state index contributed by atoms with van der Waals surface area (Å²) in [6.07, 6.45) is 0. The molecule has 0 bridgehead atoms. The molecule has 0 spiro atoms. The van der Waals surface area contributed by atoms with Crippen molar-refractivity contribution >= 4 is 33.5 Å². The molecule has 0 atom stereocenters. The predicted molar refractivity (Wildman–Crippen MR) is 115 cm³/mol. The quantitative estimate of drug-likeness (QED) is 0.626. The minimum atomic E-state index is -3.98. The number of likely N-dealkylation sites (N-methyl/N-ethyl adjacent to an activating group) is 1. The fourth-order valence-corrected chi connectivity index (χ4v) is 4.51. The van der Waals surface area contributed by atoms with Gasteiger partial charge in [-0.2, -0.15) is 0 Å². The Balaban J connectivity index is 2.05. The molecule has 1 amide bonds. The molecule has 0 heterocycles. The Morgan fingerprint density at radius 1 is 1.13 bits per heavy atom. The summed E-state index contributed by atoms with van der Waals surface area (Å²) in [5.41, 5.74) is -0.102. The van der Waals surface area contributed by atoms with Gasteiger partial charge < -0.3 is 9.64 Å². The average molecular weight is 471 g/mol. The molecule has 0 aliphatic carbocycles. The van der Waals surface area contributed by atoms with Crippen LogP contribution in [0, 0.1) is 5.82 Å². The normalized spacial score (nSPS) is 11.8. The monoisotopic (exact) mass is 470 g/mol. The Kier molecular flexibility index (Phi) is 7.80. The molecule has 0 aliphatic heterocycles. The van der Waals surface area contributed by atoms with Crippen LogP contribution in [0.3, 0.4) is 0 Å². The van der Waals surface area contributed by atoms with Gasteiger partial charge in [0.2, 0.25) is 10.0 Å². The van der Waals surface area contributed by atoms with Gasteiger partial charge in [-0.15, -0.1) is 0 Å². The molecule has 0 saturated carbocycles. The van der Waals surface area contributed by atoms with E-state index in [9.17, 15) is 22.4 Å². The van der Waals surface area contributed by atoms with E-state index in [1.165, 1.54) is 36.2 Å². The van der Waals surface area contributed by atoms with Gasteiger partial charge in [0, 0.05) is 19.1 Å². The lowest BCUT2D eigenvalue weighted by molar-refractivity contribution is -0.133. The van der Waals surface area contributed by atoms with Crippen LogP contribution in [0.1, 0.15) is 36.7 Å². The summed E-state index contributed by atoms with van der Waals surface area (Å²) in [4.78, 5) is 25.6. The number of sulfonamides is 1. The highest BCUT2D eigenvalue weighted by atomic mass is 35.5. The van der Waals surface area contributed by atoms with Crippen molar-refractivity contribution in [1.82, 2.24) is 9.62 Å². The van der Waals surface area contributed by atoms with Gasteiger partial charge in [0.15, 0.2) is 6.61 Å². The SMILES string of the molecule is CN(Cc1ccc(F)cc1)C(=O)COC(=O)c1ccc(Cl)c(S(=O)(=O)NC(C)(C)C)c1. The number of amides is 1. The lowest BCUT2D eigenvalue weighted by Gasteiger charge is -2.21. The van der Waals surface area contributed by atoms with Crippen molar-refractivity contribution in [3.8, 4) is 0 Å². The van der Waals surface area contributed by atoms with Crippen LogP contribution in [0.5, 0.6) is 0 Å². The van der Waals surface area contributed by atoms with Crippen molar-refractivity contribution < 1.29 is 27.1 Å². The van der Waals surface area contributed by atoms with E-state index in [1.54, 1.807) is 32.9 Å². The van der Waals surface area contributed by atoms with Gasteiger partial charge in [-0.05, 0) is 56.7 Å². The molecule has 10 heteroatoms. The van der Waals surface area contributed by atoms with Gasteiger partial charge in [-0.25, -0.2) is 22.3 Å². The molecule has 168 valence electrons. The number of hydrogen-bond donors (Lipinski definition) is 1. The summed E-state index contributed by atoms with van der Waals surface area (Å²) in [5, 5.41) is -0.0524. The smallest absolute Gasteiger partial charge is 0.338 e. The number of carbonyl (C=O) groups excluding carboxylic acids is 2. The maximum atomic E-state index is 13.0. The highest BCUT2D eigenvalue weighted by Gasteiger charge is 2.26. The third-order valence-electron chi connectivity index (χ3n) is 3.98. The number of carbonyl (C=O) groups is 2. The topological polar surface area (TPSA) is 92.8 Å². The van der Waals surface area contributed by atoms with E-state index in [2.05, 4.69) is 4.72 Å². The Morgan fingerprint density at radius 3 is 2.32 bits per heavy atom. The molecule has 2 rings (SSSR count). The Bertz CT molecular complexity index is 1070. The average Bonchev–Trinajstić information content (AvgIpc) is 2.65. The fraction of sp³-hybridized carbons (Fsp3) is 0.333. The van der Waals surface area contributed by atoms with Crippen LogP contribution in [-0.2, 0) is 26.1 Å². The third-order valence-corrected chi connectivity index (χ3v) is 6.22. The number of esters is 1. The largest absolute Gasteiger partial charge is 0.452 e. The van der Waals surface area contributed by atoms with Gasteiger partial charge in [0.25, 0.3) is 5.91 Å². The standard InChI is InChI=1S/C21H24ClFN2O5S/c1-21(2,3)24-31(28,29)18-11-15(7-10-17(18)22)20(27)30-13-19(26)25(4)12-14-5-8-16(23)9-6-14/h5-11,24H,12-13H2,1-4H3. The summed E-state index contributed by atoms with van der Waals surface area (Å²) in [6, 6.07) is 9.36. The number of halogens is 2.